The molecule has 1 aliphatic carbocycles. The second kappa shape index (κ2) is 9.63. The monoisotopic (exact) mass is 445 g/mol. The Labute approximate surface area is 191 Å². The summed E-state index contributed by atoms with van der Waals surface area (Å²) >= 11 is 0. The number of hydrogen-bond acceptors (Lipinski definition) is 4. The lowest BCUT2D eigenvalue weighted by Crippen LogP contribution is -2.51. The van der Waals surface area contributed by atoms with E-state index in [0.717, 1.165) is 37.7 Å². The van der Waals surface area contributed by atoms with Crippen LogP contribution in [0.15, 0.2) is 24.8 Å². The first-order valence-corrected chi connectivity index (χ1v) is 11.7. The molecule has 0 unspecified atom stereocenters. The van der Waals surface area contributed by atoms with Gasteiger partial charge in [-0.1, -0.05) is 19.9 Å². The number of halogens is 1. The van der Waals surface area contributed by atoms with Crippen molar-refractivity contribution in [3.8, 4) is 5.75 Å². The number of carbonyl (C=O) groups excluding carboxylic acids is 2. The maximum atomic E-state index is 15.2. The van der Waals surface area contributed by atoms with Crippen LogP contribution in [-0.2, 0) is 9.53 Å². The zero-order valence-corrected chi connectivity index (χ0v) is 19.8. The molecule has 1 saturated heterocycles. The highest BCUT2D eigenvalue weighted by Gasteiger charge is 2.47. The number of benzene rings is 1. The zero-order chi connectivity index (χ0) is 23.5. The fourth-order valence-electron chi connectivity index (χ4n) is 4.78. The van der Waals surface area contributed by atoms with E-state index in [-0.39, 0.29) is 16.9 Å². The molecule has 1 atom stereocenters. The van der Waals surface area contributed by atoms with Crippen LogP contribution in [0.4, 0.5) is 4.39 Å². The van der Waals surface area contributed by atoms with Crippen LogP contribution in [-0.4, -0.2) is 42.6 Å². The van der Waals surface area contributed by atoms with Gasteiger partial charge in [-0.15, -0.1) is 6.58 Å². The highest BCUT2D eigenvalue weighted by Crippen LogP contribution is 2.46. The third-order valence-electron chi connectivity index (χ3n) is 7.47. The van der Waals surface area contributed by atoms with Crippen molar-refractivity contribution in [3.05, 3.63) is 41.7 Å². The van der Waals surface area contributed by atoms with Crippen LogP contribution in [0.1, 0.15) is 87.6 Å². The van der Waals surface area contributed by atoms with Gasteiger partial charge in [-0.2, -0.15) is 0 Å². The van der Waals surface area contributed by atoms with Crippen molar-refractivity contribution in [3.63, 3.8) is 0 Å². The summed E-state index contributed by atoms with van der Waals surface area (Å²) in [5.41, 5.74) is -0.224. The lowest BCUT2D eigenvalue weighted by atomic mass is 9.80. The first kappa shape index (κ1) is 24.3. The molecule has 2 fully saturated rings. The topological polar surface area (TPSA) is 55.8 Å². The molecular weight excluding hydrogens is 409 g/mol. The lowest BCUT2D eigenvalue weighted by Gasteiger charge is -2.33. The van der Waals surface area contributed by atoms with Crippen molar-refractivity contribution in [1.29, 1.82) is 0 Å². The summed E-state index contributed by atoms with van der Waals surface area (Å²) in [7, 11) is 1.31. The first-order chi connectivity index (χ1) is 15.2. The van der Waals surface area contributed by atoms with Crippen LogP contribution in [0.5, 0.6) is 5.75 Å². The Morgan fingerprint density at radius 2 is 2.00 bits per heavy atom. The molecular formula is C26H36FNO4. The zero-order valence-electron chi connectivity index (χ0n) is 19.8. The van der Waals surface area contributed by atoms with Crippen LogP contribution < -0.4 is 4.74 Å². The predicted molar refractivity (Wildman–Crippen MR) is 122 cm³/mol. The van der Waals surface area contributed by atoms with E-state index in [1.165, 1.54) is 18.1 Å². The molecule has 3 rings (SSSR count). The first-order valence-electron chi connectivity index (χ1n) is 11.7. The number of amides is 1. The van der Waals surface area contributed by atoms with Gasteiger partial charge in [0.1, 0.15) is 17.1 Å². The molecule has 1 aromatic carbocycles. The number of ether oxygens (including phenoxy) is 2. The quantitative estimate of drug-likeness (QED) is 0.346. The van der Waals surface area contributed by atoms with Crippen LogP contribution in [0, 0.1) is 11.2 Å². The molecule has 0 spiro atoms. The Bertz CT molecular complexity index is 875. The number of hydrogen-bond donors (Lipinski definition) is 0. The van der Waals surface area contributed by atoms with E-state index >= 15 is 4.39 Å². The van der Waals surface area contributed by atoms with E-state index in [1.807, 2.05) is 6.08 Å². The molecule has 0 bridgehead atoms. The number of methoxy groups -OCH3 is 1. The maximum absolute atomic E-state index is 15.2. The van der Waals surface area contributed by atoms with Crippen LogP contribution in [0.25, 0.3) is 0 Å². The van der Waals surface area contributed by atoms with Crippen LogP contribution in [0.2, 0.25) is 0 Å². The second-order valence-corrected chi connectivity index (χ2v) is 9.46. The van der Waals surface area contributed by atoms with Gasteiger partial charge < -0.3 is 14.4 Å². The highest BCUT2D eigenvalue weighted by atomic mass is 19.1. The number of rotatable bonds is 10. The molecule has 1 heterocycles. The number of nitrogens with zero attached hydrogens (tertiary/aromatic N) is 1. The lowest BCUT2D eigenvalue weighted by molar-refractivity contribution is -0.151. The largest absolute Gasteiger partial charge is 0.493 e. The van der Waals surface area contributed by atoms with E-state index < -0.39 is 23.2 Å². The average molecular weight is 446 g/mol. The number of esters is 1. The van der Waals surface area contributed by atoms with Crippen LogP contribution >= 0.6 is 0 Å². The molecule has 1 saturated carbocycles. The summed E-state index contributed by atoms with van der Waals surface area (Å²) < 4.78 is 26.3. The van der Waals surface area contributed by atoms with E-state index in [9.17, 15) is 9.59 Å². The van der Waals surface area contributed by atoms with Crippen molar-refractivity contribution in [1.82, 2.24) is 4.90 Å². The molecule has 32 heavy (non-hydrogen) atoms. The molecule has 6 heteroatoms. The van der Waals surface area contributed by atoms with E-state index in [4.69, 9.17) is 9.47 Å². The average Bonchev–Trinajstić information content (AvgIpc) is 3.56. The van der Waals surface area contributed by atoms with Gasteiger partial charge in [-0.3, -0.25) is 4.79 Å². The van der Waals surface area contributed by atoms with Gasteiger partial charge in [-0.05, 0) is 69.4 Å². The summed E-state index contributed by atoms with van der Waals surface area (Å²) in [6, 6.07) is 3.00. The molecule has 1 amide bonds. The Kier molecular flexibility index (Phi) is 7.31. The fourth-order valence-corrected chi connectivity index (χ4v) is 4.78. The minimum Gasteiger partial charge on any atom is -0.493 e. The standard InChI is InChI=1S/C26H36FNO4/c1-6-12-26(7-2,8-3)17-32-22-16-21(27)20(15-19(22)18-10-11-18)23(29)28-14-9-13-25(28,4)24(30)31-5/h6,15-16,18H,1,7-14,17H2,2-5H3/t25-/m0/s1. The third-order valence-corrected chi connectivity index (χ3v) is 7.47. The summed E-state index contributed by atoms with van der Waals surface area (Å²) in [5, 5.41) is 0. The third kappa shape index (κ3) is 4.55. The van der Waals surface area contributed by atoms with E-state index in [0.29, 0.717) is 31.7 Å². The van der Waals surface area contributed by atoms with E-state index in [2.05, 4.69) is 20.4 Å². The molecule has 1 aromatic rings. The summed E-state index contributed by atoms with van der Waals surface area (Å²) in [4.78, 5) is 27.1. The van der Waals surface area contributed by atoms with Gasteiger partial charge in [0.05, 0.1) is 19.3 Å². The fraction of sp³-hybridized carbons (Fsp3) is 0.615. The second-order valence-electron chi connectivity index (χ2n) is 9.46. The minimum absolute atomic E-state index is 0.000356. The molecule has 0 radical (unpaired) electrons. The number of likely N-dealkylation sites (tertiary alicyclic amines) is 1. The number of carbonyl (C=O) groups is 2. The maximum Gasteiger partial charge on any atom is 0.331 e. The Balaban J connectivity index is 1.90. The molecule has 176 valence electrons. The molecule has 0 N–H and O–H groups in total. The van der Waals surface area contributed by atoms with Crippen molar-refractivity contribution >= 4 is 11.9 Å². The van der Waals surface area contributed by atoms with Gasteiger partial charge in [0.2, 0.25) is 0 Å². The van der Waals surface area contributed by atoms with Crippen LogP contribution in [0.3, 0.4) is 0 Å². The highest BCUT2D eigenvalue weighted by molar-refractivity contribution is 5.99. The molecule has 1 aliphatic heterocycles. The SMILES string of the molecule is C=CCC(CC)(CC)COc1cc(F)c(C(=O)N2CCC[C@@]2(C)C(=O)OC)cc1C1CC1. The molecule has 2 aliphatic rings. The van der Waals surface area contributed by atoms with Crippen molar-refractivity contribution in [2.45, 2.75) is 77.2 Å². The summed E-state index contributed by atoms with van der Waals surface area (Å²) in [5.74, 6) is -0.752. The molecule has 5 nitrogen and oxygen atoms in total. The Morgan fingerprint density at radius 3 is 2.56 bits per heavy atom. The summed E-state index contributed by atoms with van der Waals surface area (Å²) in [6.07, 6.45) is 7.80. The van der Waals surface area contributed by atoms with Gasteiger partial charge >= 0.3 is 5.97 Å². The van der Waals surface area contributed by atoms with Gasteiger partial charge in [-0.25, -0.2) is 9.18 Å². The molecule has 0 aromatic heterocycles. The van der Waals surface area contributed by atoms with Crippen molar-refractivity contribution in [2.24, 2.45) is 5.41 Å². The summed E-state index contributed by atoms with van der Waals surface area (Å²) in [6.45, 7) is 10.7. The van der Waals surface area contributed by atoms with Gasteiger partial charge in [0.15, 0.2) is 0 Å². The normalized spacial score (nSPS) is 20.8. The smallest absolute Gasteiger partial charge is 0.331 e. The van der Waals surface area contributed by atoms with Crippen molar-refractivity contribution in [2.75, 3.05) is 20.3 Å². The number of allylic oxidation sites excluding steroid dienone is 1. The Morgan fingerprint density at radius 1 is 1.31 bits per heavy atom. The van der Waals surface area contributed by atoms with Gasteiger partial charge in [0.25, 0.3) is 5.91 Å². The minimum atomic E-state index is -1.07. The predicted octanol–water partition coefficient (Wildman–Crippen LogP) is 5.63. The van der Waals surface area contributed by atoms with Crippen molar-refractivity contribution < 1.29 is 23.5 Å². The van der Waals surface area contributed by atoms with Gasteiger partial charge in [0, 0.05) is 18.0 Å². The Hall–Kier alpha value is -2.37. The van der Waals surface area contributed by atoms with E-state index in [1.54, 1.807) is 13.0 Å².